The number of hydrogen-bond acceptors (Lipinski definition) is 2. The number of anilines is 1. The number of pyridine rings is 1. The standard InChI is InChI=1S/C23H22N2O2/c1-17-6-4-7-18(14-17)15-24-16-20(11-12-22(24)26)23(27)25-13-5-9-19-8-2-3-10-21(19)25/h2-4,6-8,10-12,14,16H,5,9,13,15H2,1H3. The smallest absolute Gasteiger partial charge is 0.259 e. The van der Waals surface area contributed by atoms with Crippen LogP contribution in [0.25, 0.3) is 0 Å². The van der Waals surface area contributed by atoms with E-state index in [-0.39, 0.29) is 11.5 Å². The van der Waals surface area contributed by atoms with E-state index in [9.17, 15) is 9.59 Å². The number of benzene rings is 2. The quantitative estimate of drug-likeness (QED) is 0.715. The van der Waals surface area contributed by atoms with Crippen molar-refractivity contribution in [2.24, 2.45) is 0 Å². The van der Waals surface area contributed by atoms with Crippen molar-refractivity contribution in [1.82, 2.24) is 4.57 Å². The largest absolute Gasteiger partial charge is 0.310 e. The fourth-order valence-corrected chi connectivity index (χ4v) is 3.69. The van der Waals surface area contributed by atoms with Crippen molar-refractivity contribution >= 4 is 11.6 Å². The van der Waals surface area contributed by atoms with E-state index < -0.39 is 0 Å². The van der Waals surface area contributed by atoms with Crippen molar-refractivity contribution in [3.05, 3.63) is 99.5 Å². The van der Waals surface area contributed by atoms with Gasteiger partial charge in [0.2, 0.25) is 0 Å². The van der Waals surface area contributed by atoms with E-state index in [1.54, 1.807) is 16.8 Å². The van der Waals surface area contributed by atoms with Crippen molar-refractivity contribution in [1.29, 1.82) is 0 Å². The van der Waals surface area contributed by atoms with E-state index in [1.807, 2.05) is 48.2 Å². The highest BCUT2D eigenvalue weighted by Crippen LogP contribution is 2.27. The summed E-state index contributed by atoms with van der Waals surface area (Å²) in [6.07, 6.45) is 3.63. The fraction of sp³-hybridized carbons (Fsp3) is 0.217. The number of para-hydroxylation sites is 1. The third-order valence-electron chi connectivity index (χ3n) is 5.02. The molecule has 2 heterocycles. The lowest BCUT2D eigenvalue weighted by Gasteiger charge is -2.29. The highest BCUT2D eigenvalue weighted by atomic mass is 16.2. The van der Waals surface area contributed by atoms with Crippen molar-refractivity contribution in [2.45, 2.75) is 26.3 Å². The molecular weight excluding hydrogens is 336 g/mol. The number of fused-ring (bicyclic) bond motifs is 1. The number of aryl methyl sites for hydroxylation is 2. The summed E-state index contributed by atoms with van der Waals surface area (Å²) in [6.45, 7) is 3.19. The summed E-state index contributed by atoms with van der Waals surface area (Å²) in [4.78, 5) is 27.3. The van der Waals surface area contributed by atoms with Crippen LogP contribution in [0.4, 0.5) is 5.69 Å². The molecule has 0 aliphatic carbocycles. The van der Waals surface area contributed by atoms with Gasteiger partial charge in [0.1, 0.15) is 0 Å². The minimum Gasteiger partial charge on any atom is -0.310 e. The summed E-state index contributed by atoms with van der Waals surface area (Å²) >= 11 is 0. The highest BCUT2D eigenvalue weighted by molar-refractivity contribution is 6.06. The monoisotopic (exact) mass is 358 g/mol. The Kier molecular flexibility index (Phi) is 4.63. The van der Waals surface area contributed by atoms with Gasteiger partial charge in [-0.15, -0.1) is 0 Å². The van der Waals surface area contributed by atoms with Crippen LogP contribution in [-0.4, -0.2) is 17.0 Å². The number of aromatic nitrogens is 1. The molecule has 4 rings (SSSR count). The van der Waals surface area contributed by atoms with Gasteiger partial charge < -0.3 is 9.47 Å². The van der Waals surface area contributed by atoms with Gasteiger partial charge in [-0.3, -0.25) is 9.59 Å². The minimum absolute atomic E-state index is 0.0554. The van der Waals surface area contributed by atoms with Crippen LogP contribution < -0.4 is 10.5 Å². The number of carbonyl (C=O) groups excluding carboxylic acids is 1. The van der Waals surface area contributed by atoms with Gasteiger partial charge in [0.15, 0.2) is 0 Å². The van der Waals surface area contributed by atoms with Crippen LogP contribution >= 0.6 is 0 Å². The van der Waals surface area contributed by atoms with Crippen LogP contribution in [0.1, 0.15) is 33.5 Å². The molecule has 0 atom stereocenters. The van der Waals surface area contributed by atoms with Crippen LogP contribution in [0.5, 0.6) is 0 Å². The zero-order valence-electron chi connectivity index (χ0n) is 15.4. The Hall–Kier alpha value is -3.14. The van der Waals surface area contributed by atoms with Crippen molar-refractivity contribution < 1.29 is 4.79 Å². The lowest BCUT2D eigenvalue weighted by Crippen LogP contribution is -2.36. The number of amides is 1. The number of hydrogen-bond donors (Lipinski definition) is 0. The summed E-state index contributed by atoms with van der Waals surface area (Å²) in [5.41, 5.74) is 4.81. The molecule has 4 heteroatoms. The average molecular weight is 358 g/mol. The van der Waals surface area contributed by atoms with Crippen LogP contribution in [0.15, 0.2) is 71.7 Å². The second-order valence-electron chi connectivity index (χ2n) is 7.06. The van der Waals surface area contributed by atoms with Gasteiger partial charge in [0.25, 0.3) is 11.5 Å². The molecule has 27 heavy (non-hydrogen) atoms. The molecule has 1 aromatic heterocycles. The molecule has 0 saturated heterocycles. The van der Waals surface area contributed by atoms with Gasteiger partial charge in [0, 0.05) is 24.5 Å². The second-order valence-corrected chi connectivity index (χ2v) is 7.06. The van der Waals surface area contributed by atoms with Gasteiger partial charge >= 0.3 is 0 Å². The molecule has 1 amide bonds. The SMILES string of the molecule is Cc1cccc(Cn2cc(C(=O)N3CCCc4ccccc43)ccc2=O)c1. The molecule has 0 spiro atoms. The normalized spacial score (nSPS) is 13.3. The maximum Gasteiger partial charge on any atom is 0.259 e. The Morgan fingerprint density at radius 1 is 1.04 bits per heavy atom. The first-order valence-electron chi connectivity index (χ1n) is 9.27. The highest BCUT2D eigenvalue weighted by Gasteiger charge is 2.23. The van der Waals surface area contributed by atoms with E-state index in [0.29, 0.717) is 18.7 Å². The van der Waals surface area contributed by atoms with Gasteiger partial charge in [0.05, 0.1) is 12.1 Å². The first-order valence-corrected chi connectivity index (χ1v) is 9.27. The fourth-order valence-electron chi connectivity index (χ4n) is 3.69. The summed E-state index contributed by atoms with van der Waals surface area (Å²) in [7, 11) is 0. The lowest BCUT2D eigenvalue weighted by atomic mass is 10.0. The molecule has 4 nitrogen and oxygen atoms in total. The molecule has 0 N–H and O–H groups in total. The Morgan fingerprint density at radius 3 is 2.74 bits per heavy atom. The summed E-state index contributed by atoms with van der Waals surface area (Å²) in [6, 6.07) is 19.2. The number of rotatable bonds is 3. The maximum atomic E-state index is 13.1. The van der Waals surface area contributed by atoms with E-state index in [1.165, 1.54) is 11.6 Å². The second kappa shape index (κ2) is 7.23. The van der Waals surface area contributed by atoms with E-state index in [4.69, 9.17) is 0 Å². The molecule has 136 valence electrons. The molecule has 0 radical (unpaired) electrons. The minimum atomic E-state index is -0.105. The zero-order valence-corrected chi connectivity index (χ0v) is 15.4. The predicted molar refractivity (Wildman–Crippen MR) is 107 cm³/mol. The molecule has 0 bridgehead atoms. The van der Waals surface area contributed by atoms with Crippen LogP contribution in [0.2, 0.25) is 0 Å². The zero-order chi connectivity index (χ0) is 18.8. The Bertz CT molecular complexity index is 1050. The molecule has 0 fully saturated rings. The van der Waals surface area contributed by atoms with E-state index >= 15 is 0 Å². The van der Waals surface area contributed by atoms with E-state index in [2.05, 4.69) is 12.1 Å². The van der Waals surface area contributed by atoms with Crippen molar-refractivity contribution in [2.75, 3.05) is 11.4 Å². The van der Waals surface area contributed by atoms with Gasteiger partial charge in [-0.05, 0) is 43.0 Å². The summed E-state index contributed by atoms with van der Waals surface area (Å²) in [5.74, 6) is -0.0554. The maximum absolute atomic E-state index is 13.1. The van der Waals surface area contributed by atoms with E-state index in [0.717, 1.165) is 29.7 Å². The molecule has 0 unspecified atom stereocenters. The third kappa shape index (κ3) is 3.56. The first-order chi connectivity index (χ1) is 13.1. The summed E-state index contributed by atoms with van der Waals surface area (Å²) < 4.78 is 1.61. The Morgan fingerprint density at radius 2 is 1.89 bits per heavy atom. The molecule has 0 saturated carbocycles. The third-order valence-corrected chi connectivity index (χ3v) is 5.02. The van der Waals surface area contributed by atoms with Crippen molar-refractivity contribution in [3.63, 3.8) is 0 Å². The molecule has 1 aliphatic rings. The Labute approximate surface area is 158 Å². The van der Waals surface area contributed by atoms with Gasteiger partial charge in [-0.1, -0.05) is 48.0 Å². The average Bonchev–Trinajstić information content (AvgIpc) is 2.69. The molecule has 1 aliphatic heterocycles. The van der Waals surface area contributed by atoms with Crippen LogP contribution in [0.3, 0.4) is 0 Å². The number of carbonyl (C=O) groups is 1. The predicted octanol–water partition coefficient (Wildman–Crippen LogP) is 3.80. The lowest BCUT2D eigenvalue weighted by molar-refractivity contribution is 0.0984. The van der Waals surface area contributed by atoms with Gasteiger partial charge in [-0.25, -0.2) is 0 Å². The summed E-state index contributed by atoms with van der Waals surface area (Å²) in [5, 5.41) is 0. The van der Waals surface area contributed by atoms with Gasteiger partial charge in [-0.2, -0.15) is 0 Å². The van der Waals surface area contributed by atoms with Crippen LogP contribution in [-0.2, 0) is 13.0 Å². The topological polar surface area (TPSA) is 42.3 Å². The Balaban J connectivity index is 1.65. The molecule has 3 aromatic rings. The molecular formula is C23H22N2O2. The molecule has 2 aromatic carbocycles. The van der Waals surface area contributed by atoms with Crippen molar-refractivity contribution in [3.8, 4) is 0 Å². The van der Waals surface area contributed by atoms with Crippen LogP contribution in [0, 0.1) is 6.92 Å². The number of nitrogens with zero attached hydrogens (tertiary/aromatic N) is 2. The first kappa shape index (κ1) is 17.3.